The lowest BCUT2D eigenvalue weighted by Gasteiger charge is -2.14. The maximum Gasteiger partial charge on any atom is 0.223 e. The second-order valence-electron chi connectivity index (χ2n) is 5.22. The first-order valence-electron chi connectivity index (χ1n) is 7.25. The first kappa shape index (κ1) is 13.0. The number of hydrogen-bond acceptors (Lipinski definition) is 2. The molecule has 3 nitrogen and oxygen atoms in total. The van der Waals surface area contributed by atoms with Gasteiger partial charge in [0.1, 0.15) is 11.5 Å². The standard InChI is InChI=1S/C17H19NO2/c19-17(18-12-4-5-13-18)11-9-15-8-10-16(20-15)14-6-2-1-3-7-14/h1-3,6-8,10H,4-5,9,11-13H2. The number of benzene rings is 1. The molecule has 0 spiro atoms. The van der Waals surface area contributed by atoms with Crippen molar-refractivity contribution < 1.29 is 9.21 Å². The van der Waals surface area contributed by atoms with Crippen molar-refractivity contribution in [2.45, 2.75) is 25.7 Å². The van der Waals surface area contributed by atoms with E-state index in [1.54, 1.807) is 0 Å². The number of carbonyl (C=O) groups is 1. The van der Waals surface area contributed by atoms with Crippen LogP contribution in [-0.4, -0.2) is 23.9 Å². The molecule has 0 bridgehead atoms. The zero-order chi connectivity index (χ0) is 13.8. The van der Waals surface area contributed by atoms with Crippen molar-refractivity contribution in [1.29, 1.82) is 0 Å². The number of nitrogens with zero attached hydrogens (tertiary/aromatic N) is 1. The highest BCUT2D eigenvalue weighted by molar-refractivity contribution is 5.76. The molecule has 3 heteroatoms. The lowest BCUT2D eigenvalue weighted by atomic mass is 10.2. The normalized spacial score (nSPS) is 14.7. The predicted octanol–water partition coefficient (Wildman–Crippen LogP) is 3.50. The molecule has 2 aromatic rings. The van der Waals surface area contributed by atoms with Gasteiger partial charge in [0, 0.05) is 31.5 Å². The second kappa shape index (κ2) is 5.95. The van der Waals surface area contributed by atoms with Gasteiger partial charge in [0.15, 0.2) is 0 Å². The summed E-state index contributed by atoms with van der Waals surface area (Å²) in [4.78, 5) is 13.9. The first-order valence-corrected chi connectivity index (χ1v) is 7.25. The predicted molar refractivity (Wildman–Crippen MR) is 78.3 cm³/mol. The van der Waals surface area contributed by atoms with Crippen molar-refractivity contribution in [3.8, 4) is 11.3 Å². The lowest BCUT2D eigenvalue weighted by molar-refractivity contribution is -0.130. The van der Waals surface area contributed by atoms with E-state index in [2.05, 4.69) is 0 Å². The molecule has 0 aliphatic carbocycles. The Kier molecular flexibility index (Phi) is 3.86. The van der Waals surface area contributed by atoms with Gasteiger partial charge >= 0.3 is 0 Å². The fraction of sp³-hybridized carbons (Fsp3) is 0.353. The fourth-order valence-electron chi connectivity index (χ4n) is 2.62. The van der Waals surface area contributed by atoms with Crippen molar-refractivity contribution in [1.82, 2.24) is 4.90 Å². The molecule has 2 heterocycles. The summed E-state index contributed by atoms with van der Waals surface area (Å²) in [6.07, 6.45) is 3.51. The highest BCUT2D eigenvalue weighted by Crippen LogP contribution is 2.22. The van der Waals surface area contributed by atoms with Gasteiger partial charge in [0.2, 0.25) is 5.91 Å². The molecule has 0 saturated carbocycles. The number of amides is 1. The summed E-state index contributed by atoms with van der Waals surface area (Å²) < 4.78 is 5.81. The van der Waals surface area contributed by atoms with Gasteiger partial charge in [-0.05, 0) is 25.0 Å². The molecule has 1 amide bonds. The Morgan fingerprint density at radius 2 is 1.80 bits per heavy atom. The van der Waals surface area contributed by atoms with Gasteiger partial charge in [0.05, 0.1) is 0 Å². The Labute approximate surface area is 119 Å². The number of likely N-dealkylation sites (tertiary alicyclic amines) is 1. The van der Waals surface area contributed by atoms with E-state index >= 15 is 0 Å². The molecule has 0 atom stereocenters. The zero-order valence-corrected chi connectivity index (χ0v) is 11.5. The molecule has 0 unspecified atom stereocenters. The van der Waals surface area contributed by atoms with Crippen LogP contribution >= 0.6 is 0 Å². The summed E-state index contributed by atoms with van der Waals surface area (Å²) in [5.41, 5.74) is 1.07. The molecular weight excluding hydrogens is 250 g/mol. The maximum atomic E-state index is 12.0. The lowest BCUT2D eigenvalue weighted by Crippen LogP contribution is -2.27. The average Bonchev–Trinajstić information content (AvgIpc) is 3.17. The second-order valence-corrected chi connectivity index (χ2v) is 5.22. The Morgan fingerprint density at radius 1 is 1.05 bits per heavy atom. The van der Waals surface area contributed by atoms with E-state index in [1.807, 2.05) is 47.4 Å². The summed E-state index contributed by atoms with van der Waals surface area (Å²) in [6, 6.07) is 14.0. The van der Waals surface area contributed by atoms with Gasteiger partial charge in [-0.1, -0.05) is 30.3 Å². The third-order valence-corrected chi connectivity index (χ3v) is 3.76. The summed E-state index contributed by atoms with van der Waals surface area (Å²) in [5, 5.41) is 0. The van der Waals surface area contributed by atoms with E-state index in [1.165, 1.54) is 0 Å². The summed E-state index contributed by atoms with van der Waals surface area (Å²) in [6.45, 7) is 1.85. The van der Waals surface area contributed by atoms with Crippen molar-refractivity contribution in [3.05, 3.63) is 48.2 Å². The van der Waals surface area contributed by atoms with Crippen LogP contribution in [0.3, 0.4) is 0 Å². The Morgan fingerprint density at radius 3 is 2.55 bits per heavy atom. The number of rotatable bonds is 4. The van der Waals surface area contributed by atoms with Gasteiger partial charge in [-0.3, -0.25) is 4.79 Å². The van der Waals surface area contributed by atoms with Crippen LogP contribution in [0.25, 0.3) is 11.3 Å². The molecule has 1 fully saturated rings. The van der Waals surface area contributed by atoms with E-state index in [0.717, 1.165) is 43.0 Å². The fourth-order valence-corrected chi connectivity index (χ4v) is 2.62. The molecule has 1 aliphatic heterocycles. The van der Waals surface area contributed by atoms with E-state index in [-0.39, 0.29) is 5.91 Å². The van der Waals surface area contributed by atoms with Gasteiger partial charge in [0.25, 0.3) is 0 Å². The van der Waals surface area contributed by atoms with Crippen LogP contribution in [-0.2, 0) is 11.2 Å². The summed E-state index contributed by atoms with van der Waals surface area (Å²) in [5.74, 6) is 2.01. The molecule has 0 radical (unpaired) electrons. The first-order chi connectivity index (χ1) is 9.83. The van der Waals surface area contributed by atoms with Crippen LogP contribution in [0.15, 0.2) is 46.9 Å². The van der Waals surface area contributed by atoms with E-state index in [0.29, 0.717) is 12.8 Å². The van der Waals surface area contributed by atoms with E-state index in [4.69, 9.17) is 4.42 Å². The van der Waals surface area contributed by atoms with Crippen LogP contribution in [0.2, 0.25) is 0 Å². The number of aryl methyl sites for hydroxylation is 1. The van der Waals surface area contributed by atoms with Crippen molar-refractivity contribution in [2.24, 2.45) is 0 Å². The maximum absolute atomic E-state index is 12.0. The minimum absolute atomic E-state index is 0.250. The van der Waals surface area contributed by atoms with Gasteiger partial charge in [-0.2, -0.15) is 0 Å². The van der Waals surface area contributed by atoms with Crippen LogP contribution in [0, 0.1) is 0 Å². The van der Waals surface area contributed by atoms with E-state index < -0.39 is 0 Å². The van der Waals surface area contributed by atoms with Crippen LogP contribution in [0.4, 0.5) is 0 Å². The minimum Gasteiger partial charge on any atom is -0.461 e. The van der Waals surface area contributed by atoms with Crippen LogP contribution in [0.5, 0.6) is 0 Å². The Balaban J connectivity index is 1.59. The molecule has 0 N–H and O–H groups in total. The van der Waals surface area contributed by atoms with E-state index in [9.17, 15) is 4.79 Å². The third-order valence-electron chi connectivity index (χ3n) is 3.76. The summed E-state index contributed by atoms with van der Waals surface area (Å²) >= 11 is 0. The SMILES string of the molecule is O=C(CCc1ccc(-c2ccccc2)o1)N1CCCC1. The molecule has 1 aromatic carbocycles. The molecule has 20 heavy (non-hydrogen) atoms. The summed E-state index contributed by atoms with van der Waals surface area (Å²) in [7, 11) is 0. The average molecular weight is 269 g/mol. The Bertz CT molecular complexity index is 568. The largest absolute Gasteiger partial charge is 0.461 e. The quantitative estimate of drug-likeness (QED) is 0.851. The monoisotopic (exact) mass is 269 g/mol. The highest BCUT2D eigenvalue weighted by Gasteiger charge is 2.17. The minimum atomic E-state index is 0.250. The third kappa shape index (κ3) is 2.93. The molecule has 3 rings (SSSR count). The molecule has 1 aromatic heterocycles. The van der Waals surface area contributed by atoms with Crippen molar-refractivity contribution >= 4 is 5.91 Å². The van der Waals surface area contributed by atoms with Crippen LogP contribution in [0.1, 0.15) is 25.0 Å². The smallest absolute Gasteiger partial charge is 0.223 e. The number of furan rings is 1. The van der Waals surface area contributed by atoms with Crippen molar-refractivity contribution in [3.63, 3.8) is 0 Å². The zero-order valence-electron chi connectivity index (χ0n) is 11.5. The topological polar surface area (TPSA) is 33.5 Å². The number of hydrogen-bond donors (Lipinski definition) is 0. The molecule has 1 saturated heterocycles. The number of carbonyl (C=O) groups excluding carboxylic acids is 1. The van der Waals surface area contributed by atoms with Crippen LogP contribution < -0.4 is 0 Å². The highest BCUT2D eigenvalue weighted by atomic mass is 16.3. The van der Waals surface area contributed by atoms with Crippen molar-refractivity contribution in [2.75, 3.05) is 13.1 Å². The van der Waals surface area contributed by atoms with Gasteiger partial charge in [-0.15, -0.1) is 0 Å². The van der Waals surface area contributed by atoms with Gasteiger partial charge in [-0.25, -0.2) is 0 Å². The molecular formula is C17H19NO2. The van der Waals surface area contributed by atoms with Gasteiger partial charge < -0.3 is 9.32 Å². The molecule has 1 aliphatic rings. The Hall–Kier alpha value is -2.03. The molecule has 104 valence electrons.